The van der Waals surface area contributed by atoms with Crippen molar-refractivity contribution in [1.29, 1.82) is 0 Å². The number of nitrogens with one attached hydrogen (secondary N) is 1. The Morgan fingerprint density at radius 3 is 2.74 bits per heavy atom. The zero-order chi connectivity index (χ0) is 13.8. The number of rotatable bonds is 5. The van der Waals surface area contributed by atoms with Crippen LogP contribution in [0.2, 0.25) is 0 Å². The minimum absolute atomic E-state index is 0.243. The summed E-state index contributed by atoms with van der Waals surface area (Å²) in [6.07, 6.45) is 5.47. The molecule has 0 aliphatic heterocycles. The molecule has 1 aromatic carbocycles. The van der Waals surface area contributed by atoms with E-state index in [1.54, 1.807) is 12.1 Å². The van der Waals surface area contributed by atoms with E-state index in [2.05, 4.69) is 12.2 Å². The van der Waals surface area contributed by atoms with Crippen molar-refractivity contribution in [3.8, 4) is 0 Å². The van der Waals surface area contributed by atoms with Crippen LogP contribution in [0.25, 0.3) is 0 Å². The van der Waals surface area contributed by atoms with Crippen molar-refractivity contribution in [2.75, 3.05) is 7.05 Å². The van der Waals surface area contributed by atoms with Crippen LogP contribution in [-0.4, -0.2) is 13.1 Å². The summed E-state index contributed by atoms with van der Waals surface area (Å²) in [5.74, 6) is -0.0474. The number of halogens is 2. The van der Waals surface area contributed by atoms with Crippen LogP contribution in [0.3, 0.4) is 0 Å². The van der Waals surface area contributed by atoms with Crippen LogP contribution < -0.4 is 5.32 Å². The van der Waals surface area contributed by atoms with Gasteiger partial charge in [-0.2, -0.15) is 0 Å². The summed E-state index contributed by atoms with van der Waals surface area (Å²) in [6.45, 7) is 2.23. The summed E-state index contributed by atoms with van der Waals surface area (Å²) in [7, 11) is 1.92. The number of hydrogen-bond acceptors (Lipinski definition) is 1. The molecule has 1 saturated carbocycles. The molecule has 1 aliphatic carbocycles. The zero-order valence-electron chi connectivity index (χ0n) is 11.8. The molecule has 1 aromatic rings. The van der Waals surface area contributed by atoms with E-state index in [1.165, 1.54) is 31.7 Å². The topological polar surface area (TPSA) is 12.0 Å². The largest absolute Gasteiger partial charge is 0.316 e. The van der Waals surface area contributed by atoms with Gasteiger partial charge < -0.3 is 5.32 Å². The van der Waals surface area contributed by atoms with Crippen molar-refractivity contribution in [3.63, 3.8) is 0 Å². The molecular weight excluding hydrogens is 244 g/mol. The van der Waals surface area contributed by atoms with Gasteiger partial charge in [-0.1, -0.05) is 31.9 Å². The van der Waals surface area contributed by atoms with Gasteiger partial charge in [0.1, 0.15) is 0 Å². The second-order valence-corrected chi connectivity index (χ2v) is 5.66. The third-order valence-corrected chi connectivity index (χ3v) is 4.57. The Balaban J connectivity index is 2.05. The molecule has 1 fully saturated rings. The van der Waals surface area contributed by atoms with Gasteiger partial charge in [0.2, 0.25) is 0 Å². The molecule has 2 rings (SSSR count). The van der Waals surface area contributed by atoms with Crippen LogP contribution in [-0.2, 0) is 6.42 Å². The lowest BCUT2D eigenvalue weighted by Crippen LogP contribution is -2.34. The average Bonchev–Trinajstić information content (AvgIpc) is 2.89. The van der Waals surface area contributed by atoms with E-state index in [4.69, 9.17) is 0 Å². The van der Waals surface area contributed by atoms with Gasteiger partial charge in [0.25, 0.3) is 0 Å². The molecule has 3 unspecified atom stereocenters. The molecule has 1 N–H and O–H groups in total. The SMILES string of the molecule is CCC1CCC(C(Cc2cccc(F)c2F)NC)C1. The lowest BCUT2D eigenvalue weighted by molar-refractivity contribution is 0.356. The lowest BCUT2D eigenvalue weighted by atomic mass is 9.91. The summed E-state index contributed by atoms with van der Waals surface area (Å²) in [6, 6.07) is 4.70. The Kier molecular flexibility index (Phi) is 4.92. The van der Waals surface area contributed by atoms with Crippen molar-refractivity contribution in [2.24, 2.45) is 11.8 Å². The molecule has 0 saturated heterocycles. The van der Waals surface area contributed by atoms with Crippen LogP contribution in [0.1, 0.15) is 38.2 Å². The molecule has 0 spiro atoms. The molecule has 19 heavy (non-hydrogen) atoms. The Morgan fingerprint density at radius 1 is 1.32 bits per heavy atom. The highest BCUT2D eigenvalue weighted by Crippen LogP contribution is 2.35. The van der Waals surface area contributed by atoms with E-state index < -0.39 is 11.6 Å². The molecule has 3 atom stereocenters. The van der Waals surface area contributed by atoms with Crippen molar-refractivity contribution in [2.45, 2.75) is 45.1 Å². The summed E-state index contributed by atoms with van der Waals surface area (Å²) in [5.41, 5.74) is 0.485. The maximum Gasteiger partial charge on any atom is 0.162 e. The Bertz CT molecular complexity index is 419. The van der Waals surface area contributed by atoms with E-state index >= 15 is 0 Å². The molecule has 0 heterocycles. The predicted octanol–water partition coefficient (Wildman–Crippen LogP) is 3.92. The highest BCUT2D eigenvalue weighted by Gasteiger charge is 2.29. The third kappa shape index (κ3) is 3.33. The predicted molar refractivity (Wildman–Crippen MR) is 74.0 cm³/mol. The maximum atomic E-state index is 13.7. The molecule has 0 radical (unpaired) electrons. The van der Waals surface area contributed by atoms with Gasteiger partial charge in [-0.15, -0.1) is 0 Å². The quantitative estimate of drug-likeness (QED) is 0.852. The third-order valence-electron chi connectivity index (χ3n) is 4.57. The van der Waals surface area contributed by atoms with E-state index in [-0.39, 0.29) is 6.04 Å². The first-order chi connectivity index (χ1) is 9.15. The van der Waals surface area contributed by atoms with E-state index in [0.29, 0.717) is 17.9 Å². The van der Waals surface area contributed by atoms with Crippen LogP contribution in [0.15, 0.2) is 18.2 Å². The fraction of sp³-hybridized carbons (Fsp3) is 0.625. The van der Waals surface area contributed by atoms with E-state index in [9.17, 15) is 8.78 Å². The monoisotopic (exact) mass is 267 g/mol. The van der Waals surface area contributed by atoms with Gasteiger partial charge in [-0.3, -0.25) is 0 Å². The van der Waals surface area contributed by atoms with E-state index in [0.717, 1.165) is 5.92 Å². The molecule has 3 heteroatoms. The molecule has 1 aliphatic rings. The van der Waals surface area contributed by atoms with Gasteiger partial charge in [-0.05, 0) is 49.8 Å². The molecule has 106 valence electrons. The molecule has 0 amide bonds. The normalized spacial score (nSPS) is 24.6. The Hall–Kier alpha value is -0.960. The molecular formula is C16H23F2N. The van der Waals surface area contributed by atoms with Crippen LogP contribution in [0.5, 0.6) is 0 Å². The Labute approximate surface area is 114 Å². The van der Waals surface area contributed by atoms with Crippen molar-refractivity contribution >= 4 is 0 Å². The standard InChI is InChI=1S/C16H23F2N/c1-3-11-7-8-12(9-11)15(19-2)10-13-5-4-6-14(17)16(13)18/h4-6,11-12,15,19H,3,7-10H2,1-2H3. The number of hydrogen-bond donors (Lipinski definition) is 1. The van der Waals surface area contributed by atoms with Crippen molar-refractivity contribution < 1.29 is 8.78 Å². The second-order valence-electron chi connectivity index (χ2n) is 5.66. The Morgan fingerprint density at radius 2 is 2.11 bits per heavy atom. The first-order valence-corrected chi connectivity index (χ1v) is 7.25. The van der Waals surface area contributed by atoms with Gasteiger partial charge >= 0.3 is 0 Å². The summed E-state index contributed by atoms with van der Waals surface area (Å²) >= 11 is 0. The van der Waals surface area contributed by atoms with Gasteiger partial charge in [-0.25, -0.2) is 8.78 Å². The number of benzene rings is 1. The van der Waals surface area contributed by atoms with Crippen LogP contribution in [0, 0.1) is 23.5 Å². The summed E-state index contributed by atoms with van der Waals surface area (Å²) in [4.78, 5) is 0. The van der Waals surface area contributed by atoms with Gasteiger partial charge in [0.05, 0.1) is 0 Å². The van der Waals surface area contributed by atoms with Crippen molar-refractivity contribution in [1.82, 2.24) is 5.32 Å². The molecule has 0 bridgehead atoms. The summed E-state index contributed by atoms with van der Waals surface area (Å²) < 4.78 is 27.0. The fourth-order valence-electron chi connectivity index (χ4n) is 3.30. The molecule has 1 nitrogen and oxygen atoms in total. The minimum atomic E-state index is -0.745. The van der Waals surface area contributed by atoms with Gasteiger partial charge in [0, 0.05) is 6.04 Å². The highest BCUT2D eigenvalue weighted by atomic mass is 19.2. The zero-order valence-corrected chi connectivity index (χ0v) is 11.8. The fourth-order valence-corrected chi connectivity index (χ4v) is 3.30. The lowest BCUT2D eigenvalue weighted by Gasteiger charge is -2.23. The van der Waals surface area contributed by atoms with Crippen LogP contribution in [0.4, 0.5) is 8.78 Å². The first-order valence-electron chi connectivity index (χ1n) is 7.25. The number of likely N-dealkylation sites (N-methyl/N-ethyl adjacent to an activating group) is 1. The first kappa shape index (κ1) is 14.4. The highest BCUT2D eigenvalue weighted by molar-refractivity contribution is 5.20. The maximum absolute atomic E-state index is 13.7. The molecule has 0 aromatic heterocycles. The smallest absolute Gasteiger partial charge is 0.162 e. The van der Waals surface area contributed by atoms with E-state index in [1.807, 2.05) is 7.05 Å². The second kappa shape index (κ2) is 6.47. The van der Waals surface area contributed by atoms with Crippen LogP contribution >= 0.6 is 0 Å². The van der Waals surface area contributed by atoms with Gasteiger partial charge in [0.15, 0.2) is 11.6 Å². The minimum Gasteiger partial charge on any atom is -0.316 e. The summed E-state index contributed by atoms with van der Waals surface area (Å²) in [5, 5.41) is 3.29. The average molecular weight is 267 g/mol. The van der Waals surface area contributed by atoms with Crippen molar-refractivity contribution in [3.05, 3.63) is 35.4 Å².